The number of cyclic esters (lactones) is 1. The molecule has 2 heterocycles. The molecule has 10 nitrogen and oxygen atoms in total. The summed E-state index contributed by atoms with van der Waals surface area (Å²) in [5.41, 5.74) is 1.20. The summed E-state index contributed by atoms with van der Waals surface area (Å²) >= 11 is 0. The van der Waals surface area contributed by atoms with Gasteiger partial charge in [0.1, 0.15) is 30.3 Å². The molecule has 43 heavy (non-hydrogen) atoms. The first kappa shape index (κ1) is 33.3. The van der Waals surface area contributed by atoms with E-state index < -0.39 is 36.3 Å². The van der Waals surface area contributed by atoms with Crippen molar-refractivity contribution >= 4 is 17.8 Å². The number of aliphatic hydroxyl groups is 1. The number of nitrogens with zero attached hydrogens (tertiary/aromatic N) is 1. The zero-order valence-corrected chi connectivity index (χ0v) is 24.8. The molecule has 0 saturated heterocycles. The van der Waals surface area contributed by atoms with Gasteiger partial charge in [-0.3, -0.25) is 9.59 Å². The second-order valence-electron chi connectivity index (χ2n) is 11.0. The molecule has 11 heteroatoms. The molecule has 2 bridgehead atoms. The molecule has 1 aliphatic rings. The lowest BCUT2D eigenvalue weighted by Crippen LogP contribution is -2.46. The zero-order valence-electron chi connectivity index (χ0n) is 24.8. The molecule has 1 aromatic heterocycles. The molecule has 232 valence electrons. The van der Waals surface area contributed by atoms with Crippen molar-refractivity contribution < 1.29 is 38.1 Å². The highest BCUT2D eigenvalue weighted by Gasteiger charge is 2.30. The third-order valence-corrected chi connectivity index (χ3v) is 6.85. The van der Waals surface area contributed by atoms with Crippen molar-refractivity contribution in [2.75, 3.05) is 6.54 Å². The molecule has 2 amide bonds. The minimum atomic E-state index is -1.50. The van der Waals surface area contributed by atoms with Gasteiger partial charge in [0.2, 0.25) is 5.91 Å². The molecule has 0 fully saturated rings. The second-order valence-corrected chi connectivity index (χ2v) is 11.0. The number of ether oxygens (including phenoxy) is 1. The van der Waals surface area contributed by atoms with Crippen LogP contribution in [0.1, 0.15) is 56.1 Å². The van der Waals surface area contributed by atoms with Crippen LogP contribution >= 0.6 is 0 Å². The second kappa shape index (κ2) is 15.8. The van der Waals surface area contributed by atoms with Crippen LogP contribution in [0.4, 0.5) is 4.39 Å². The number of allylic oxidation sites excluding steroid dienone is 2. The Balaban J connectivity index is 1.90. The molecule has 3 rings (SSSR count). The smallest absolute Gasteiger partial charge is 0.329 e. The van der Waals surface area contributed by atoms with Crippen LogP contribution in [0.3, 0.4) is 0 Å². The summed E-state index contributed by atoms with van der Waals surface area (Å²) in [7, 11) is 0. The number of alkyl halides is 1. The predicted octanol–water partition coefficient (Wildman–Crippen LogP) is 3.75. The maximum Gasteiger partial charge on any atom is 0.329 e. The minimum absolute atomic E-state index is 0.0299. The largest absolute Gasteiger partial charge is 0.508 e. The van der Waals surface area contributed by atoms with Gasteiger partial charge in [-0.2, -0.15) is 0 Å². The van der Waals surface area contributed by atoms with Crippen molar-refractivity contribution in [2.45, 2.75) is 71.4 Å². The van der Waals surface area contributed by atoms with E-state index in [0.717, 1.165) is 6.26 Å². The first-order chi connectivity index (χ1) is 20.4. The number of aromatic nitrogens is 1. The Morgan fingerprint density at radius 3 is 2.56 bits per heavy atom. The average Bonchev–Trinajstić information content (AvgIpc) is 3.41. The van der Waals surface area contributed by atoms with Gasteiger partial charge in [0.05, 0.1) is 12.5 Å². The number of hydrogen-bond acceptors (Lipinski definition) is 8. The lowest BCUT2D eigenvalue weighted by atomic mass is 9.94. The van der Waals surface area contributed by atoms with Crippen molar-refractivity contribution in [3.63, 3.8) is 0 Å². The highest BCUT2D eigenvalue weighted by atomic mass is 19.1. The number of halogens is 1. The number of amides is 2. The van der Waals surface area contributed by atoms with E-state index in [4.69, 9.17) is 9.15 Å². The van der Waals surface area contributed by atoms with Gasteiger partial charge in [-0.05, 0) is 36.6 Å². The van der Waals surface area contributed by atoms with Crippen LogP contribution in [0.2, 0.25) is 0 Å². The highest BCUT2D eigenvalue weighted by molar-refractivity contribution is 5.95. The minimum Gasteiger partial charge on any atom is -0.508 e. The normalized spacial score (nSPS) is 25.8. The van der Waals surface area contributed by atoms with Gasteiger partial charge in [0.15, 0.2) is 11.6 Å². The topological polar surface area (TPSA) is 151 Å². The van der Waals surface area contributed by atoms with Gasteiger partial charge in [0.25, 0.3) is 5.91 Å². The number of aliphatic hydroxyl groups excluding tert-OH is 1. The van der Waals surface area contributed by atoms with Crippen molar-refractivity contribution in [1.82, 2.24) is 15.6 Å². The fourth-order valence-electron chi connectivity index (χ4n) is 4.64. The SMILES string of the molecule is CC1=CC(O)CC(F)Cc2nc(co2)C(=O)NC(Cc2ccc(O)cc2)C(=O)OC(C(C)C)C(C)/C=C/C(=O)NCC=C1. The molecule has 2 aromatic rings. The first-order valence-corrected chi connectivity index (χ1v) is 14.3. The summed E-state index contributed by atoms with van der Waals surface area (Å²) in [6, 6.07) is 5.05. The van der Waals surface area contributed by atoms with Gasteiger partial charge in [-0.15, -0.1) is 0 Å². The van der Waals surface area contributed by atoms with Crippen LogP contribution in [0, 0.1) is 11.8 Å². The number of rotatable bonds is 3. The summed E-state index contributed by atoms with van der Waals surface area (Å²) in [5, 5.41) is 25.3. The summed E-state index contributed by atoms with van der Waals surface area (Å²) in [5.74, 6) is -2.19. The summed E-state index contributed by atoms with van der Waals surface area (Å²) in [4.78, 5) is 43.1. The number of esters is 1. The Bertz CT molecular complexity index is 1330. The number of aromatic hydroxyl groups is 1. The zero-order chi connectivity index (χ0) is 31.5. The summed E-state index contributed by atoms with van der Waals surface area (Å²) in [6.07, 6.45) is 5.43. The predicted molar refractivity (Wildman–Crippen MR) is 158 cm³/mol. The molecule has 0 radical (unpaired) electrons. The molecule has 4 N–H and O–H groups in total. The lowest BCUT2D eigenvalue weighted by molar-refractivity contribution is -0.155. The Morgan fingerprint density at radius 1 is 1.14 bits per heavy atom. The first-order valence-electron chi connectivity index (χ1n) is 14.3. The van der Waals surface area contributed by atoms with Crippen molar-refractivity contribution in [1.29, 1.82) is 0 Å². The number of nitrogens with one attached hydrogen (secondary N) is 2. The number of hydrogen-bond donors (Lipinski definition) is 4. The maximum atomic E-state index is 14.7. The molecule has 5 unspecified atom stereocenters. The average molecular weight is 598 g/mol. The molecule has 0 spiro atoms. The van der Waals surface area contributed by atoms with Crippen LogP contribution < -0.4 is 10.6 Å². The van der Waals surface area contributed by atoms with E-state index in [1.165, 1.54) is 24.3 Å². The molecule has 0 aliphatic carbocycles. The summed E-state index contributed by atoms with van der Waals surface area (Å²) in [6.45, 7) is 7.58. The van der Waals surface area contributed by atoms with Crippen molar-refractivity contribution in [3.05, 3.63) is 83.6 Å². The van der Waals surface area contributed by atoms with E-state index in [2.05, 4.69) is 15.6 Å². The quantitative estimate of drug-likeness (QED) is 0.391. The maximum absolute atomic E-state index is 14.7. The van der Waals surface area contributed by atoms with Gasteiger partial charge < -0.3 is 30.0 Å². The van der Waals surface area contributed by atoms with Gasteiger partial charge in [-0.1, -0.05) is 62.8 Å². The molecule has 0 saturated carbocycles. The standard InChI is InChI=1S/C32H40FN3O7/c1-19(2)30-21(4)7-12-28(39)34-13-5-6-20(3)14-25(38)16-23(33)17-29-35-27(18-42-29)31(40)36-26(32(41)43-30)15-22-8-10-24(37)11-9-22/h5-12,14,18-19,21,23,25-26,30,37-38H,13,15-17H2,1-4H3,(H,34,39)(H,36,40)/b6-5?,12-7+,20-14?. The Morgan fingerprint density at radius 2 is 1.86 bits per heavy atom. The van der Waals surface area contributed by atoms with Crippen LogP contribution in [-0.2, 0) is 27.2 Å². The van der Waals surface area contributed by atoms with Crippen molar-refractivity contribution in [3.8, 4) is 5.75 Å². The van der Waals surface area contributed by atoms with Crippen LogP contribution in [0.25, 0.3) is 0 Å². The molecule has 1 aliphatic heterocycles. The van der Waals surface area contributed by atoms with E-state index in [9.17, 15) is 29.0 Å². The van der Waals surface area contributed by atoms with E-state index in [-0.39, 0.29) is 60.9 Å². The monoisotopic (exact) mass is 597 g/mol. The fraction of sp³-hybridized carbons (Fsp3) is 0.438. The highest BCUT2D eigenvalue weighted by Crippen LogP contribution is 2.21. The number of oxazole rings is 1. The van der Waals surface area contributed by atoms with E-state index >= 15 is 0 Å². The third kappa shape index (κ3) is 10.8. The molecule has 5 atom stereocenters. The van der Waals surface area contributed by atoms with E-state index in [1.807, 2.05) is 20.8 Å². The third-order valence-electron chi connectivity index (χ3n) is 6.85. The van der Waals surface area contributed by atoms with Gasteiger partial charge >= 0.3 is 5.97 Å². The number of carbonyl (C=O) groups is 3. The number of fused-ring (bicyclic) bond motifs is 2. The van der Waals surface area contributed by atoms with E-state index in [0.29, 0.717) is 11.1 Å². The number of carbonyl (C=O) groups excluding carboxylic acids is 3. The molecular weight excluding hydrogens is 557 g/mol. The molecular formula is C32H40FN3O7. The summed E-state index contributed by atoms with van der Waals surface area (Å²) < 4.78 is 25.9. The number of phenolic OH excluding ortho intramolecular Hbond substituents is 1. The lowest BCUT2D eigenvalue weighted by Gasteiger charge is -2.28. The number of benzene rings is 1. The fourth-order valence-corrected chi connectivity index (χ4v) is 4.64. The Kier molecular flexibility index (Phi) is 12.2. The van der Waals surface area contributed by atoms with Gasteiger partial charge in [-0.25, -0.2) is 14.2 Å². The molecule has 1 aromatic carbocycles. The Labute approximate surface area is 250 Å². The van der Waals surface area contributed by atoms with Crippen LogP contribution in [0.5, 0.6) is 5.75 Å². The number of phenols is 1. The van der Waals surface area contributed by atoms with Crippen molar-refractivity contribution in [2.24, 2.45) is 11.8 Å². The van der Waals surface area contributed by atoms with Gasteiger partial charge in [0, 0.05) is 25.3 Å². The van der Waals surface area contributed by atoms with Crippen LogP contribution in [-0.4, -0.2) is 63.9 Å². The van der Waals surface area contributed by atoms with Crippen LogP contribution in [0.15, 0.2) is 70.9 Å². The Hall–Kier alpha value is -4.25. The van der Waals surface area contributed by atoms with E-state index in [1.54, 1.807) is 37.3 Å².